The van der Waals surface area contributed by atoms with Gasteiger partial charge in [0, 0.05) is 25.1 Å². The minimum absolute atomic E-state index is 0.0742. The average Bonchev–Trinajstić information content (AvgIpc) is 3.30. The summed E-state index contributed by atoms with van der Waals surface area (Å²) in [4.78, 5) is 33.2. The van der Waals surface area contributed by atoms with Gasteiger partial charge in [0.15, 0.2) is 11.3 Å². The van der Waals surface area contributed by atoms with Crippen LogP contribution in [-0.2, 0) is 5.60 Å². The highest BCUT2D eigenvalue weighted by Crippen LogP contribution is 2.47. The maximum Gasteiger partial charge on any atom is 0.270 e. The van der Waals surface area contributed by atoms with Gasteiger partial charge in [-0.2, -0.15) is 4.98 Å². The zero-order chi connectivity index (χ0) is 23.5. The second-order valence-corrected chi connectivity index (χ2v) is 8.13. The van der Waals surface area contributed by atoms with Crippen molar-refractivity contribution in [3.8, 4) is 23.2 Å². The molecule has 6 rings (SSSR count). The van der Waals surface area contributed by atoms with E-state index in [1.165, 1.54) is 14.0 Å². The molecular formula is C23H20N6O4. The Bertz CT molecular complexity index is 1430. The van der Waals surface area contributed by atoms with Crippen LogP contribution in [-0.4, -0.2) is 43.7 Å². The van der Waals surface area contributed by atoms with Crippen LogP contribution in [0.2, 0.25) is 0 Å². The van der Waals surface area contributed by atoms with Gasteiger partial charge in [-0.15, -0.1) is 0 Å². The molecule has 33 heavy (non-hydrogen) atoms. The molecule has 3 aliphatic rings. The van der Waals surface area contributed by atoms with Gasteiger partial charge in [-0.1, -0.05) is 29.1 Å². The molecule has 0 saturated heterocycles. The van der Waals surface area contributed by atoms with Crippen molar-refractivity contribution in [2.24, 2.45) is 5.73 Å². The fourth-order valence-electron chi connectivity index (χ4n) is 4.08. The van der Waals surface area contributed by atoms with E-state index in [0.29, 0.717) is 23.7 Å². The fourth-order valence-corrected chi connectivity index (χ4v) is 4.08. The number of rotatable bonds is 3. The summed E-state index contributed by atoms with van der Waals surface area (Å²) in [7, 11) is 1.49. The highest BCUT2D eigenvalue weighted by molar-refractivity contribution is 6.06. The number of nitrogens with zero attached hydrogens (tertiary/aromatic N) is 4. The maximum atomic E-state index is 12.6. The highest BCUT2D eigenvalue weighted by atomic mass is 16.5. The molecule has 1 aromatic carbocycles. The predicted octanol–water partition coefficient (Wildman–Crippen LogP) is 1.30. The zero-order valence-corrected chi connectivity index (χ0v) is 18.1. The smallest absolute Gasteiger partial charge is 0.270 e. The standard InChI is InChI=1S/C23H20N6O4/c1-11-26-22(28-33-11)23(2,32)7-6-12-4-5-15-13-9-14(10-13)29-18(21(31)25-3)17(19(24)30)27-20(29)16(15)8-12/h4-5,8-9,14,32H,10H2,1-3H3,(H2,24,30)(H,25,31)/t14?,23-/m1/s1. The first kappa shape index (κ1) is 20.7. The number of nitrogens with one attached hydrogen (secondary N) is 1. The molecule has 4 heterocycles. The van der Waals surface area contributed by atoms with Crippen LogP contribution < -0.4 is 11.1 Å². The topological polar surface area (TPSA) is 149 Å². The van der Waals surface area contributed by atoms with Gasteiger partial charge in [-0.3, -0.25) is 9.59 Å². The average molecular weight is 444 g/mol. The van der Waals surface area contributed by atoms with Crippen LogP contribution in [0.4, 0.5) is 0 Å². The van der Waals surface area contributed by atoms with Crippen molar-refractivity contribution in [3.63, 3.8) is 0 Å². The fraction of sp³-hybridized carbons (Fsp3) is 0.261. The van der Waals surface area contributed by atoms with E-state index in [1.807, 2.05) is 24.3 Å². The van der Waals surface area contributed by atoms with E-state index in [1.54, 1.807) is 11.5 Å². The molecular weight excluding hydrogens is 424 g/mol. The lowest BCUT2D eigenvalue weighted by molar-refractivity contribution is 0.0933. The first-order valence-corrected chi connectivity index (χ1v) is 10.3. The number of amides is 2. The van der Waals surface area contributed by atoms with Crippen molar-refractivity contribution in [2.75, 3.05) is 7.05 Å². The molecule has 1 aliphatic carbocycles. The van der Waals surface area contributed by atoms with E-state index >= 15 is 0 Å². The lowest BCUT2D eigenvalue weighted by Gasteiger charge is -2.26. The van der Waals surface area contributed by atoms with E-state index < -0.39 is 17.4 Å². The van der Waals surface area contributed by atoms with Crippen LogP contribution in [0.3, 0.4) is 0 Å². The second kappa shape index (κ2) is 7.15. The molecule has 0 saturated carbocycles. The summed E-state index contributed by atoms with van der Waals surface area (Å²) in [5.74, 6) is 5.39. The quantitative estimate of drug-likeness (QED) is 0.516. The second-order valence-electron chi connectivity index (χ2n) is 8.13. The Morgan fingerprint density at radius 3 is 2.73 bits per heavy atom. The van der Waals surface area contributed by atoms with Crippen LogP contribution in [0.15, 0.2) is 28.8 Å². The third kappa shape index (κ3) is 3.21. The molecule has 0 radical (unpaired) electrons. The molecule has 2 atom stereocenters. The van der Waals surface area contributed by atoms with Gasteiger partial charge in [0.1, 0.15) is 11.5 Å². The summed E-state index contributed by atoms with van der Waals surface area (Å²) in [6.07, 6.45) is 2.75. The third-order valence-corrected chi connectivity index (χ3v) is 5.76. The SMILES string of the molecule is CNC(=O)c1c(C(N)=O)nc2n1C1C=C(C1)c1ccc(C#C[C@@](C)(O)c3noc(C)n3)cc1-2. The summed E-state index contributed by atoms with van der Waals surface area (Å²) in [5, 5.41) is 17.0. The number of carbonyl (C=O) groups is 2. The number of aromatic nitrogens is 4. The van der Waals surface area contributed by atoms with Crippen LogP contribution in [0.1, 0.15) is 63.2 Å². The first-order chi connectivity index (χ1) is 15.7. The molecule has 3 aromatic rings. The summed E-state index contributed by atoms with van der Waals surface area (Å²) in [6, 6.07) is 5.47. The Hall–Kier alpha value is -4.23. The number of imidazole rings is 1. The lowest BCUT2D eigenvalue weighted by atomic mass is 9.86. The van der Waals surface area contributed by atoms with Crippen molar-refractivity contribution >= 4 is 17.4 Å². The zero-order valence-electron chi connectivity index (χ0n) is 18.1. The molecule has 166 valence electrons. The Morgan fingerprint density at radius 1 is 1.33 bits per heavy atom. The number of aliphatic hydroxyl groups is 1. The lowest BCUT2D eigenvalue weighted by Crippen LogP contribution is -2.28. The molecule has 4 N–H and O–H groups in total. The Morgan fingerprint density at radius 2 is 2.09 bits per heavy atom. The van der Waals surface area contributed by atoms with Crippen LogP contribution >= 0.6 is 0 Å². The Balaban J connectivity index is 1.64. The van der Waals surface area contributed by atoms with Gasteiger partial charge in [-0.05, 0) is 36.6 Å². The number of allylic oxidation sites excluding steroid dienone is 2. The van der Waals surface area contributed by atoms with Gasteiger partial charge in [0.05, 0.1) is 6.04 Å². The van der Waals surface area contributed by atoms with Crippen molar-refractivity contribution in [2.45, 2.75) is 31.9 Å². The number of nitrogens with two attached hydrogens (primary N) is 1. The van der Waals surface area contributed by atoms with Crippen molar-refractivity contribution in [3.05, 3.63) is 58.5 Å². The van der Waals surface area contributed by atoms with Gasteiger partial charge in [-0.25, -0.2) is 4.98 Å². The van der Waals surface area contributed by atoms with Crippen LogP contribution in [0, 0.1) is 18.8 Å². The third-order valence-electron chi connectivity index (χ3n) is 5.76. The first-order valence-electron chi connectivity index (χ1n) is 10.3. The van der Waals surface area contributed by atoms with Crippen LogP contribution in [0.25, 0.3) is 17.0 Å². The molecule has 10 nitrogen and oxygen atoms in total. The number of aryl methyl sites for hydroxylation is 1. The Labute approximate surface area is 188 Å². The molecule has 0 fully saturated rings. The predicted molar refractivity (Wildman–Crippen MR) is 117 cm³/mol. The summed E-state index contributed by atoms with van der Waals surface area (Å²) in [5.41, 5.74) is 7.38. The maximum absolute atomic E-state index is 12.6. The summed E-state index contributed by atoms with van der Waals surface area (Å²) >= 11 is 0. The largest absolute Gasteiger partial charge is 0.371 e. The van der Waals surface area contributed by atoms with Gasteiger partial charge in [0.2, 0.25) is 11.7 Å². The highest BCUT2D eigenvalue weighted by Gasteiger charge is 2.37. The van der Waals surface area contributed by atoms with Crippen molar-refractivity contribution < 1.29 is 19.2 Å². The minimum Gasteiger partial charge on any atom is -0.371 e. The van der Waals surface area contributed by atoms with Gasteiger partial charge < -0.3 is 25.2 Å². The molecule has 1 unspecified atom stereocenters. The molecule has 2 bridgehead atoms. The number of primary amides is 1. The molecule has 10 heteroatoms. The van der Waals surface area contributed by atoms with Gasteiger partial charge in [0.25, 0.3) is 11.8 Å². The number of carbonyl (C=O) groups excluding carboxylic acids is 2. The monoisotopic (exact) mass is 444 g/mol. The molecule has 2 aliphatic heterocycles. The molecule has 0 spiro atoms. The number of benzene rings is 1. The van der Waals surface area contributed by atoms with E-state index in [4.69, 9.17) is 10.3 Å². The van der Waals surface area contributed by atoms with Crippen LogP contribution in [0.5, 0.6) is 0 Å². The van der Waals surface area contributed by atoms with E-state index in [-0.39, 0.29) is 23.3 Å². The summed E-state index contributed by atoms with van der Waals surface area (Å²) in [6.45, 7) is 3.11. The molecule has 2 aromatic heterocycles. The normalized spacial score (nSPS) is 17.2. The number of hydrogen-bond donors (Lipinski definition) is 3. The van der Waals surface area contributed by atoms with Crippen molar-refractivity contribution in [1.82, 2.24) is 25.0 Å². The van der Waals surface area contributed by atoms with E-state index in [9.17, 15) is 14.7 Å². The van der Waals surface area contributed by atoms with Crippen molar-refractivity contribution in [1.29, 1.82) is 0 Å². The Kier molecular flexibility index (Phi) is 4.47. The minimum atomic E-state index is -1.61. The summed E-state index contributed by atoms with van der Waals surface area (Å²) < 4.78 is 6.69. The van der Waals surface area contributed by atoms with E-state index in [0.717, 1.165) is 16.7 Å². The molecule has 2 amide bonds. The number of hydrogen-bond acceptors (Lipinski definition) is 7. The van der Waals surface area contributed by atoms with E-state index in [2.05, 4.69) is 32.3 Å². The van der Waals surface area contributed by atoms with Gasteiger partial charge >= 0.3 is 0 Å².